The van der Waals surface area contributed by atoms with E-state index in [2.05, 4.69) is 26.2 Å². The molecule has 2 heterocycles. The maximum Gasteiger partial charge on any atom is 0.143 e. The van der Waals surface area contributed by atoms with E-state index in [0.717, 1.165) is 33.7 Å². The molecule has 4 nitrogen and oxygen atoms in total. The standard InChI is InChI=1S/C15H12N4/c1-3-11-5-4-6-12(7-11)19-15-13-10(2)8-16-14(13)17-9-18-15/h1,4-9H,2H3,(H2,16,17,18,19). The first-order valence-corrected chi connectivity index (χ1v) is 5.90. The molecule has 0 fully saturated rings. The van der Waals surface area contributed by atoms with E-state index in [1.165, 1.54) is 6.33 Å². The molecular weight excluding hydrogens is 236 g/mol. The van der Waals surface area contributed by atoms with E-state index in [-0.39, 0.29) is 0 Å². The summed E-state index contributed by atoms with van der Waals surface area (Å²) in [5.41, 5.74) is 3.67. The molecule has 0 aliphatic heterocycles. The zero-order valence-electron chi connectivity index (χ0n) is 10.4. The quantitative estimate of drug-likeness (QED) is 0.685. The van der Waals surface area contributed by atoms with Crippen molar-refractivity contribution in [1.82, 2.24) is 15.0 Å². The molecule has 0 aliphatic carbocycles. The summed E-state index contributed by atoms with van der Waals surface area (Å²) < 4.78 is 0. The van der Waals surface area contributed by atoms with Gasteiger partial charge in [0.25, 0.3) is 0 Å². The van der Waals surface area contributed by atoms with Gasteiger partial charge in [0.15, 0.2) is 0 Å². The van der Waals surface area contributed by atoms with Gasteiger partial charge in [-0.2, -0.15) is 0 Å². The summed E-state index contributed by atoms with van der Waals surface area (Å²) in [4.78, 5) is 11.6. The highest BCUT2D eigenvalue weighted by Gasteiger charge is 2.08. The smallest absolute Gasteiger partial charge is 0.143 e. The maximum absolute atomic E-state index is 5.40. The molecule has 0 amide bonds. The van der Waals surface area contributed by atoms with Crippen LogP contribution in [0.15, 0.2) is 36.8 Å². The van der Waals surface area contributed by atoms with E-state index in [0.29, 0.717) is 0 Å². The van der Waals surface area contributed by atoms with Crippen LogP contribution in [0.1, 0.15) is 11.1 Å². The molecule has 0 saturated carbocycles. The molecule has 3 rings (SSSR count). The van der Waals surface area contributed by atoms with Crippen molar-refractivity contribution < 1.29 is 0 Å². The van der Waals surface area contributed by atoms with Crippen molar-refractivity contribution in [3.05, 3.63) is 47.9 Å². The van der Waals surface area contributed by atoms with Gasteiger partial charge in [0, 0.05) is 17.4 Å². The number of H-pyrrole nitrogens is 1. The van der Waals surface area contributed by atoms with Gasteiger partial charge < -0.3 is 10.3 Å². The second kappa shape index (κ2) is 4.46. The minimum Gasteiger partial charge on any atom is -0.346 e. The number of hydrogen-bond donors (Lipinski definition) is 2. The number of nitrogens with one attached hydrogen (secondary N) is 2. The molecule has 92 valence electrons. The summed E-state index contributed by atoms with van der Waals surface area (Å²) in [6.45, 7) is 2.02. The van der Waals surface area contributed by atoms with Gasteiger partial charge >= 0.3 is 0 Å². The van der Waals surface area contributed by atoms with Gasteiger partial charge in [0.2, 0.25) is 0 Å². The fourth-order valence-corrected chi connectivity index (χ4v) is 2.04. The number of fused-ring (bicyclic) bond motifs is 1. The first-order chi connectivity index (χ1) is 9.28. The fourth-order valence-electron chi connectivity index (χ4n) is 2.04. The van der Waals surface area contributed by atoms with Gasteiger partial charge in [-0.05, 0) is 30.7 Å². The second-order valence-electron chi connectivity index (χ2n) is 4.27. The molecule has 0 radical (unpaired) electrons. The number of aromatic amines is 1. The SMILES string of the molecule is C#Cc1cccc(Nc2ncnc3[nH]cc(C)c23)c1. The number of rotatable bonds is 2. The molecular formula is C15H12N4. The highest BCUT2D eigenvalue weighted by atomic mass is 15.0. The highest BCUT2D eigenvalue weighted by molar-refractivity contribution is 5.91. The van der Waals surface area contributed by atoms with Crippen LogP contribution in [0.3, 0.4) is 0 Å². The lowest BCUT2D eigenvalue weighted by molar-refractivity contribution is 1.20. The molecule has 0 bridgehead atoms. The summed E-state index contributed by atoms with van der Waals surface area (Å²) >= 11 is 0. The van der Waals surface area contributed by atoms with Gasteiger partial charge in [-0.1, -0.05) is 12.0 Å². The normalized spacial score (nSPS) is 10.3. The largest absolute Gasteiger partial charge is 0.346 e. The average molecular weight is 248 g/mol. The Balaban J connectivity index is 2.06. The van der Waals surface area contributed by atoms with Gasteiger partial charge in [0.1, 0.15) is 17.8 Å². The zero-order chi connectivity index (χ0) is 13.2. The third-order valence-corrected chi connectivity index (χ3v) is 2.96. The van der Waals surface area contributed by atoms with Crippen molar-refractivity contribution in [1.29, 1.82) is 0 Å². The summed E-state index contributed by atoms with van der Waals surface area (Å²) in [7, 11) is 0. The molecule has 0 spiro atoms. The lowest BCUT2D eigenvalue weighted by Gasteiger charge is -2.07. The van der Waals surface area contributed by atoms with Crippen LogP contribution in [0.5, 0.6) is 0 Å². The van der Waals surface area contributed by atoms with Crippen molar-refractivity contribution in [3.8, 4) is 12.3 Å². The molecule has 1 aromatic carbocycles. The Morgan fingerprint density at radius 3 is 3.05 bits per heavy atom. The molecule has 0 saturated heterocycles. The number of hydrogen-bond acceptors (Lipinski definition) is 3. The summed E-state index contributed by atoms with van der Waals surface area (Å²) in [5.74, 6) is 3.39. The van der Waals surface area contributed by atoms with E-state index in [9.17, 15) is 0 Å². The van der Waals surface area contributed by atoms with E-state index in [1.807, 2.05) is 37.4 Å². The predicted molar refractivity (Wildman–Crippen MR) is 76.3 cm³/mol. The highest BCUT2D eigenvalue weighted by Crippen LogP contribution is 2.25. The van der Waals surface area contributed by atoms with Crippen molar-refractivity contribution in [2.75, 3.05) is 5.32 Å². The van der Waals surface area contributed by atoms with Crippen molar-refractivity contribution in [2.45, 2.75) is 6.92 Å². The number of nitrogens with zero attached hydrogens (tertiary/aromatic N) is 2. The minimum atomic E-state index is 0.776. The molecule has 2 N–H and O–H groups in total. The van der Waals surface area contributed by atoms with Crippen LogP contribution in [0, 0.1) is 19.3 Å². The summed E-state index contributed by atoms with van der Waals surface area (Å²) in [6.07, 6.45) is 8.85. The Kier molecular flexibility index (Phi) is 2.66. The molecule has 4 heteroatoms. The Morgan fingerprint density at radius 1 is 1.32 bits per heavy atom. The first kappa shape index (κ1) is 11.3. The number of aryl methyl sites for hydroxylation is 1. The van der Waals surface area contributed by atoms with Crippen LogP contribution in [0.2, 0.25) is 0 Å². The fraction of sp³-hybridized carbons (Fsp3) is 0.0667. The lowest BCUT2D eigenvalue weighted by Crippen LogP contribution is -1.96. The Labute approximate surface area is 110 Å². The lowest BCUT2D eigenvalue weighted by atomic mass is 10.2. The second-order valence-corrected chi connectivity index (χ2v) is 4.27. The molecule has 3 aromatic rings. The van der Waals surface area contributed by atoms with E-state index in [4.69, 9.17) is 6.42 Å². The number of anilines is 2. The Bertz CT molecular complexity index is 780. The molecule has 2 aromatic heterocycles. The molecule has 0 aliphatic rings. The van der Waals surface area contributed by atoms with E-state index < -0.39 is 0 Å². The summed E-state index contributed by atoms with van der Waals surface area (Å²) in [6, 6.07) is 7.68. The molecule has 0 atom stereocenters. The van der Waals surface area contributed by atoms with Crippen LogP contribution in [0.25, 0.3) is 11.0 Å². The minimum absolute atomic E-state index is 0.776. The third kappa shape index (κ3) is 2.02. The van der Waals surface area contributed by atoms with Crippen molar-refractivity contribution >= 4 is 22.5 Å². The Morgan fingerprint density at radius 2 is 2.21 bits per heavy atom. The van der Waals surface area contributed by atoms with Crippen LogP contribution < -0.4 is 5.32 Å². The number of benzene rings is 1. The van der Waals surface area contributed by atoms with Crippen LogP contribution >= 0.6 is 0 Å². The zero-order valence-corrected chi connectivity index (χ0v) is 10.4. The van der Waals surface area contributed by atoms with Gasteiger partial charge in [-0.15, -0.1) is 6.42 Å². The first-order valence-electron chi connectivity index (χ1n) is 5.90. The average Bonchev–Trinajstić information content (AvgIpc) is 2.82. The third-order valence-electron chi connectivity index (χ3n) is 2.96. The maximum atomic E-state index is 5.40. The van der Waals surface area contributed by atoms with Gasteiger partial charge in [0.05, 0.1) is 5.39 Å². The van der Waals surface area contributed by atoms with Gasteiger partial charge in [-0.25, -0.2) is 9.97 Å². The van der Waals surface area contributed by atoms with E-state index >= 15 is 0 Å². The van der Waals surface area contributed by atoms with Crippen LogP contribution in [0.4, 0.5) is 11.5 Å². The molecule has 19 heavy (non-hydrogen) atoms. The van der Waals surface area contributed by atoms with Gasteiger partial charge in [-0.3, -0.25) is 0 Å². The Hall–Kier alpha value is -2.80. The number of terminal acetylenes is 1. The summed E-state index contributed by atoms with van der Waals surface area (Å²) in [5, 5.41) is 4.28. The predicted octanol–water partition coefficient (Wildman–Crippen LogP) is 2.99. The van der Waals surface area contributed by atoms with Crippen molar-refractivity contribution in [2.24, 2.45) is 0 Å². The number of aromatic nitrogens is 3. The van der Waals surface area contributed by atoms with E-state index in [1.54, 1.807) is 0 Å². The monoisotopic (exact) mass is 248 g/mol. The molecule has 0 unspecified atom stereocenters. The topological polar surface area (TPSA) is 53.6 Å². The van der Waals surface area contributed by atoms with Crippen LogP contribution in [-0.4, -0.2) is 15.0 Å². The van der Waals surface area contributed by atoms with Crippen molar-refractivity contribution in [3.63, 3.8) is 0 Å². The van der Waals surface area contributed by atoms with Crippen LogP contribution in [-0.2, 0) is 0 Å².